The summed E-state index contributed by atoms with van der Waals surface area (Å²) in [6.45, 7) is 2.28. The van der Waals surface area contributed by atoms with Crippen LogP contribution in [-0.2, 0) is 11.2 Å². The van der Waals surface area contributed by atoms with Crippen molar-refractivity contribution in [1.29, 1.82) is 0 Å². The molecule has 4 nitrogen and oxygen atoms in total. The summed E-state index contributed by atoms with van der Waals surface area (Å²) in [5.74, 6) is 0.714. The Morgan fingerprint density at radius 2 is 2.05 bits per heavy atom. The molecule has 0 aromatic heterocycles. The molecule has 2 rings (SSSR count). The van der Waals surface area contributed by atoms with E-state index in [9.17, 15) is 9.90 Å². The lowest BCUT2D eigenvalue weighted by Gasteiger charge is -2.36. The van der Waals surface area contributed by atoms with Crippen molar-refractivity contribution in [3.63, 3.8) is 0 Å². The van der Waals surface area contributed by atoms with Gasteiger partial charge in [0.15, 0.2) is 0 Å². The maximum atomic E-state index is 12.0. The number of nitrogens with one attached hydrogen (secondary N) is 1. The van der Waals surface area contributed by atoms with E-state index < -0.39 is 5.60 Å². The highest BCUT2D eigenvalue weighted by Gasteiger charge is 2.34. The summed E-state index contributed by atoms with van der Waals surface area (Å²) in [6, 6.07) is 7.75. The number of amides is 1. The smallest absolute Gasteiger partial charge is 0.223 e. The topological polar surface area (TPSA) is 58.6 Å². The molecule has 2 N–H and O–H groups in total. The quantitative estimate of drug-likeness (QED) is 0.835. The number of ether oxygens (including phenoxy) is 1. The van der Waals surface area contributed by atoms with Crippen molar-refractivity contribution in [3.05, 3.63) is 29.8 Å². The van der Waals surface area contributed by atoms with Gasteiger partial charge in [0.05, 0.1) is 12.7 Å². The number of rotatable bonds is 6. The molecule has 0 radical (unpaired) electrons. The molecule has 1 fully saturated rings. The van der Waals surface area contributed by atoms with Gasteiger partial charge in [-0.25, -0.2) is 0 Å². The van der Waals surface area contributed by atoms with Crippen LogP contribution in [0.15, 0.2) is 24.3 Å². The van der Waals surface area contributed by atoms with Gasteiger partial charge in [0.25, 0.3) is 0 Å². The first-order valence-electron chi connectivity index (χ1n) is 7.15. The fourth-order valence-electron chi connectivity index (χ4n) is 2.40. The molecular weight excluding hydrogens is 254 g/mol. The van der Waals surface area contributed by atoms with Crippen LogP contribution < -0.4 is 10.1 Å². The number of methoxy groups -OCH3 is 1. The zero-order chi connectivity index (χ0) is 14.6. The fourth-order valence-corrected chi connectivity index (χ4v) is 2.40. The Morgan fingerprint density at radius 3 is 2.55 bits per heavy atom. The first-order chi connectivity index (χ1) is 9.52. The number of hydrogen-bond donors (Lipinski definition) is 2. The van der Waals surface area contributed by atoms with E-state index in [1.54, 1.807) is 7.11 Å². The van der Waals surface area contributed by atoms with E-state index in [-0.39, 0.29) is 11.8 Å². The van der Waals surface area contributed by atoms with Crippen molar-refractivity contribution in [3.8, 4) is 5.75 Å². The molecule has 1 saturated carbocycles. The van der Waals surface area contributed by atoms with E-state index in [1.807, 2.05) is 31.2 Å². The molecule has 1 aromatic rings. The van der Waals surface area contributed by atoms with E-state index in [1.165, 1.54) is 0 Å². The van der Waals surface area contributed by atoms with Gasteiger partial charge in [0.1, 0.15) is 5.75 Å². The van der Waals surface area contributed by atoms with Crippen molar-refractivity contribution < 1.29 is 14.6 Å². The van der Waals surface area contributed by atoms with Gasteiger partial charge in [-0.05, 0) is 43.4 Å². The molecule has 110 valence electrons. The molecule has 1 aromatic carbocycles. The van der Waals surface area contributed by atoms with Gasteiger partial charge in [0, 0.05) is 12.5 Å². The van der Waals surface area contributed by atoms with Gasteiger partial charge in [-0.1, -0.05) is 19.1 Å². The monoisotopic (exact) mass is 277 g/mol. The highest BCUT2D eigenvalue weighted by Crippen LogP contribution is 2.30. The van der Waals surface area contributed by atoms with Gasteiger partial charge in [-0.2, -0.15) is 0 Å². The van der Waals surface area contributed by atoms with E-state index in [2.05, 4.69) is 5.32 Å². The van der Waals surface area contributed by atoms with Crippen LogP contribution in [0, 0.1) is 5.92 Å². The van der Waals surface area contributed by atoms with Crippen LogP contribution in [0.4, 0.5) is 0 Å². The van der Waals surface area contributed by atoms with E-state index in [4.69, 9.17) is 4.74 Å². The van der Waals surface area contributed by atoms with E-state index >= 15 is 0 Å². The fraction of sp³-hybridized carbons (Fsp3) is 0.562. The lowest BCUT2D eigenvalue weighted by molar-refractivity contribution is -0.126. The zero-order valence-electron chi connectivity index (χ0n) is 12.2. The first-order valence-corrected chi connectivity index (χ1v) is 7.15. The molecule has 1 atom stereocenters. The largest absolute Gasteiger partial charge is 0.497 e. The summed E-state index contributed by atoms with van der Waals surface area (Å²) in [6.07, 6.45) is 3.32. The first kappa shape index (κ1) is 14.9. The van der Waals surface area contributed by atoms with Gasteiger partial charge < -0.3 is 15.2 Å². The number of carbonyl (C=O) groups excluding carboxylic acids is 1. The number of benzene rings is 1. The van der Waals surface area contributed by atoms with E-state index in [0.29, 0.717) is 13.0 Å². The number of hydrogen-bond acceptors (Lipinski definition) is 3. The summed E-state index contributed by atoms with van der Waals surface area (Å²) >= 11 is 0. The van der Waals surface area contributed by atoms with Crippen molar-refractivity contribution in [1.82, 2.24) is 5.32 Å². The van der Waals surface area contributed by atoms with Crippen molar-refractivity contribution >= 4 is 5.91 Å². The number of carbonyl (C=O) groups is 1. The average molecular weight is 277 g/mol. The van der Waals surface area contributed by atoms with Gasteiger partial charge in [0.2, 0.25) is 5.91 Å². The predicted octanol–water partition coefficient (Wildman–Crippen LogP) is 1.90. The van der Waals surface area contributed by atoms with Crippen molar-refractivity contribution in [2.45, 2.75) is 38.2 Å². The number of aliphatic hydroxyl groups is 1. The lowest BCUT2D eigenvalue weighted by Crippen LogP contribution is -2.48. The summed E-state index contributed by atoms with van der Waals surface area (Å²) in [5, 5.41) is 12.8. The Hall–Kier alpha value is -1.55. The van der Waals surface area contributed by atoms with Gasteiger partial charge >= 0.3 is 0 Å². The van der Waals surface area contributed by atoms with Gasteiger partial charge in [-0.3, -0.25) is 4.79 Å². The summed E-state index contributed by atoms with van der Waals surface area (Å²) in [5.41, 5.74) is 0.450. The molecule has 0 saturated heterocycles. The lowest BCUT2D eigenvalue weighted by atomic mass is 9.80. The molecule has 1 aliphatic rings. The molecular formula is C16H23NO3. The van der Waals surface area contributed by atoms with Crippen LogP contribution in [0.5, 0.6) is 5.75 Å². The zero-order valence-corrected chi connectivity index (χ0v) is 12.2. The van der Waals surface area contributed by atoms with Crippen LogP contribution in [0.25, 0.3) is 0 Å². The van der Waals surface area contributed by atoms with Crippen LogP contribution in [0.3, 0.4) is 0 Å². The Morgan fingerprint density at radius 1 is 1.40 bits per heavy atom. The summed E-state index contributed by atoms with van der Waals surface area (Å²) < 4.78 is 5.11. The maximum Gasteiger partial charge on any atom is 0.223 e. The molecule has 0 bridgehead atoms. The molecule has 4 heteroatoms. The highest BCUT2D eigenvalue weighted by atomic mass is 16.5. The second-order valence-corrected chi connectivity index (χ2v) is 5.75. The van der Waals surface area contributed by atoms with Crippen LogP contribution in [-0.4, -0.2) is 30.3 Å². The molecule has 0 heterocycles. The molecule has 1 amide bonds. The molecule has 1 aliphatic carbocycles. The molecule has 0 aliphatic heterocycles. The average Bonchev–Trinajstić information content (AvgIpc) is 2.43. The minimum Gasteiger partial charge on any atom is -0.497 e. The van der Waals surface area contributed by atoms with Crippen LogP contribution in [0.2, 0.25) is 0 Å². The second-order valence-electron chi connectivity index (χ2n) is 5.75. The Labute approximate surface area is 120 Å². The van der Waals surface area contributed by atoms with Crippen LogP contribution in [0.1, 0.15) is 31.7 Å². The Bertz CT molecular complexity index is 451. The van der Waals surface area contributed by atoms with Gasteiger partial charge in [-0.15, -0.1) is 0 Å². The summed E-state index contributed by atoms with van der Waals surface area (Å²) in [7, 11) is 1.64. The van der Waals surface area contributed by atoms with Crippen molar-refractivity contribution in [2.75, 3.05) is 13.7 Å². The van der Waals surface area contributed by atoms with Crippen LogP contribution >= 0.6 is 0 Å². The minimum atomic E-state index is -0.657. The Kier molecular flexibility index (Phi) is 4.65. The van der Waals surface area contributed by atoms with Crippen molar-refractivity contribution in [2.24, 2.45) is 5.92 Å². The Balaban J connectivity index is 1.80. The third kappa shape index (κ3) is 3.73. The normalized spacial score (nSPS) is 17.9. The SMILES string of the molecule is COc1ccc(CC(C)C(=O)NCC2(O)CCC2)cc1. The third-order valence-corrected chi connectivity index (χ3v) is 4.02. The molecule has 0 spiro atoms. The molecule has 20 heavy (non-hydrogen) atoms. The maximum absolute atomic E-state index is 12.0. The standard InChI is InChI=1S/C16H23NO3/c1-12(10-13-4-6-14(20-2)7-5-13)15(18)17-11-16(19)8-3-9-16/h4-7,12,19H,3,8-11H2,1-2H3,(H,17,18). The van der Waals surface area contributed by atoms with E-state index in [0.717, 1.165) is 30.6 Å². The molecule has 1 unspecified atom stereocenters. The predicted molar refractivity (Wildman–Crippen MR) is 77.7 cm³/mol. The summed E-state index contributed by atoms with van der Waals surface area (Å²) in [4.78, 5) is 12.0. The third-order valence-electron chi connectivity index (χ3n) is 4.02. The second kappa shape index (κ2) is 6.27. The highest BCUT2D eigenvalue weighted by molar-refractivity contribution is 5.78. The minimum absolute atomic E-state index is 0.00106.